The quantitative estimate of drug-likeness (QED) is 0.841. The molecule has 0 radical (unpaired) electrons. The summed E-state index contributed by atoms with van der Waals surface area (Å²) in [5, 5.41) is 0. The fourth-order valence-corrected chi connectivity index (χ4v) is 3.63. The summed E-state index contributed by atoms with van der Waals surface area (Å²) in [5.74, 6) is 0.00457. The van der Waals surface area contributed by atoms with Crippen LogP contribution in [0.3, 0.4) is 0 Å². The van der Waals surface area contributed by atoms with E-state index in [-0.39, 0.29) is 18.0 Å². The molecule has 0 saturated heterocycles. The van der Waals surface area contributed by atoms with Crippen LogP contribution in [0, 0.1) is 0 Å². The lowest BCUT2D eigenvalue weighted by molar-refractivity contribution is 0.536. The highest BCUT2D eigenvalue weighted by Crippen LogP contribution is 2.26. The van der Waals surface area contributed by atoms with Crippen LogP contribution in [0.4, 0.5) is 0 Å². The fourth-order valence-electron chi connectivity index (χ4n) is 2.06. The first kappa shape index (κ1) is 16.1. The smallest absolute Gasteiger partial charge is 0.241 e. The summed E-state index contributed by atoms with van der Waals surface area (Å²) in [5.41, 5.74) is 6.83. The van der Waals surface area contributed by atoms with Crippen LogP contribution in [0.1, 0.15) is 45.6 Å². The van der Waals surface area contributed by atoms with Gasteiger partial charge in [-0.05, 0) is 37.8 Å². The van der Waals surface area contributed by atoms with E-state index in [9.17, 15) is 8.42 Å². The lowest BCUT2D eigenvalue weighted by Crippen LogP contribution is -2.32. The molecule has 0 aliphatic carbocycles. The van der Waals surface area contributed by atoms with Gasteiger partial charge in [-0.2, -0.15) is 0 Å². The van der Waals surface area contributed by atoms with Gasteiger partial charge >= 0.3 is 0 Å². The first-order valence-electron chi connectivity index (χ1n) is 6.66. The Bertz CT molecular complexity index is 512. The van der Waals surface area contributed by atoms with Crippen molar-refractivity contribution in [2.24, 2.45) is 5.73 Å². The molecular formula is C14H24N2O2S. The van der Waals surface area contributed by atoms with Crippen LogP contribution in [-0.2, 0) is 10.0 Å². The Kier molecular flexibility index (Phi) is 5.52. The van der Waals surface area contributed by atoms with Crippen molar-refractivity contribution in [1.29, 1.82) is 0 Å². The van der Waals surface area contributed by atoms with Crippen LogP contribution in [0.5, 0.6) is 0 Å². The SMILES string of the molecule is CCC(N)C(C)c1ccccc1S(=O)(=O)NC(C)C. The van der Waals surface area contributed by atoms with E-state index < -0.39 is 10.0 Å². The summed E-state index contributed by atoms with van der Waals surface area (Å²) in [4.78, 5) is 0.333. The maximum atomic E-state index is 12.3. The van der Waals surface area contributed by atoms with Crippen LogP contribution in [0.25, 0.3) is 0 Å². The number of sulfonamides is 1. The Balaban J connectivity index is 3.23. The maximum absolute atomic E-state index is 12.3. The largest absolute Gasteiger partial charge is 0.327 e. The molecule has 2 atom stereocenters. The number of hydrogen-bond acceptors (Lipinski definition) is 3. The van der Waals surface area contributed by atoms with E-state index in [0.717, 1.165) is 12.0 Å². The number of nitrogens with two attached hydrogens (primary N) is 1. The third-order valence-electron chi connectivity index (χ3n) is 3.20. The fraction of sp³-hybridized carbons (Fsp3) is 0.571. The second-order valence-electron chi connectivity index (χ2n) is 5.17. The average molecular weight is 284 g/mol. The molecule has 1 aromatic carbocycles. The Morgan fingerprint density at radius 2 is 1.79 bits per heavy atom. The summed E-state index contributed by atoms with van der Waals surface area (Å²) in [6.45, 7) is 7.59. The molecule has 1 aromatic rings. The molecule has 0 fully saturated rings. The van der Waals surface area contributed by atoms with Gasteiger partial charge in [0.2, 0.25) is 10.0 Å². The molecular weight excluding hydrogens is 260 g/mol. The molecule has 0 aromatic heterocycles. The number of rotatable bonds is 6. The molecule has 2 unspecified atom stereocenters. The van der Waals surface area contributed by atoms with Crippen molar-refractivity contribution in [2.75, 3.05) is 0 Å². The van der Waals surface area contributed by atoms with E-state index in [2.05, 4.69) is 4.72 Å². The minimum absolute atomic E-state index is 0.00457. The van der Waals surface area contributed by atoms with Gasteiger partial charge in [-0.3, -0.25) is 0 Å². The highest BCUT2D eigenvalue weighted by Gasteiger charge is 2.24. The van der Waals surface area contributed by atoms with Crippen molar-refractivity contribution in [2.45, 2.75) is 57.0 Å². The topological polar surface area (TPSA) is 72.2 Å². The molecule has 0 bridgehead atoms. The van der Waals surface area contributed by atoms with E-state index in [1.54, 1.807) is 26.0 Å². The van der Waals surface area contributed by atoms with Crippen LogP contribution in [-0.4, -0.2) is 20.5 Å². The molecule has 1 rings (SSSR count). The second kappa shape index (κ2) is 6.50. The van der Waals surface area contributed by atoms with E-state index in [0.29, 0.717) is 4.90 Å². The van der Waals surface area contributed by atoms with Gasteiger partial charge in [-0.1, -0.05) is 32.0 Å². The maximum Gasteiger partial charge on any atom is 0.241 e. The van der Waals surface area contributed by atoms with Gasteiger partial charge in [0.1, 0.15) is 0 Å². The lowest BCUT2D eigenvalue weighted by atomic mass is 9.92. The van der Waals surface area contributed by atoms with Crippen LogP contribution in [0.2, 0.25) is 0 Å². The van der Waals surface area contributed by atoms with Gasteiger partial charge in [0.25, 0.3) is 0 Å². The second-order valence-corrected chi connectivity index (χ2v) is 6.86. The molecule has 0 saturated carbocycles. The van der Waals surface area contributed by atoms with E-state index in [1.165, 1.54) is 0 Å². The predicted molar refractivity (Wildman–Crippen MR) is 78.6 cm³/mol. The Morgan fingerprint density at radius 1 is 1.21 bits per heavy atom. The number of nitrogens with one attached hydrogen (secondary N) is 1. The predicted octanol–water partition coefficient (Wildman–Crippen LogP) is 2.21. The zero-order chi connectivity index (χ0) is 14.6. The first-order chi connectivity index (χ1) is 8.79. The van der Waals surface area contributed by atoms with Crippen LogP contribution in [0.15, 0.2) is 29.2 Å². The van der Waals surface area contributed by atoms with Gasteiger partial charge in [0, 0.05) is 12.1 Å². The van der Waals surface area contributed by atoms with Gasteiger partial charge < -0.3 is 5.73 Å². The molecule has 0 aliphatic rings. The Morgan fingerprint density at radius 3 is 2.32 bits per heavy atom. The van der Waals surface area contributed by atoms with Gasteiger partial charge in [0.05, 0.1) is 4.90 Å². The van der Waals surface area contributed by atoms with Crippen molar-refractivity contribution < 1.29 is 8.42 Å². The van der Waals surface area contributed by atoms with Crippen molar-refractivity contribution >= 4 is 10.0 Å². The van der Waals surface area contributed by atoms with Crippen molar-refractivity contribution in [1.82, 2.24) is 4.72 Å². The van der Waals surface area contributed by atoms with Crippen LogP contribution < -0.4 is 10.5 Å². The monoisotopic (exact) mass is 284 g/mol. The standard InChI is InChI=1S/C14H24N2O2S/c1-5-13(15)11(4)12-8-6-7-9-14(12)19(17,18)16-10(2)3/h6-11,13,16H,5,15H2,1-4H3. The van der Waals surface area contributed by atoms with Gasteiger partial charge in [-0.15, -0.1) is 0 Å². The normalized spacial score (nSPS) is 15.5. The summed E-state index contributed by atoms with van der Waals surface area (Å²) in [7, 11) is -3.48. The molecule has 0 heterocycles. The molecule has 0 aliphatic heterocycles. The molecule has 5 heteroatoms. The minimum atomic E-state index is -3.48. The zero-order valence-corrected chi connectivity index (χ0v) is 12.9. The van der Waals surface area contributed by atoms with Gasteiger partial charge in [-0.25, -0.2) is 13.1 Å². The third kappa shape index (κ3) is 4.03. The van der Waals surface area contributed by atoms with E-state index >= 15 is 0 Å². The summed E-state index contributed by atoms with van der Waals surface area (Å²) in [6, 6.07) is 6.89. The molecule has 0 amide bonds. The molecule has 4 nitrogen and oxygen atoms in total. The third-order valence-corrected chi connectivity index (χ3v) is 4.94. The van der Waals surface area contributed by atoms with Gasteiger partial charge in [0.15, 0.2) is 0 Å². The molecule has 0 spiro atoms. The highest BCUT2D eigenvalue weighted by molar-refractivity contribution is 7.89. The van der Waals surface area contributed by atoms with Crippen molar-refractivity contribution in [3.63, 3.8) is 0 Å². The summed E-state index contributed by atoms with van der Waals surface area (Å²) < 4.78 is 27.3. The van der Waals surface area contributed by atoms with E-state index in [1.807, 2.05) is 26.0 Å². The minimum Gasteiger partial charge on any atom is -0.327 e. The number of hydrogen-bond donors (Lipinski definition) is 2. The zero-order valence-electron chi connectivity index (χ0n) is 12.1. The average Bonchev–Trinajstić information content (AvgIpc) is 2.35. The van der Waals surface area contributed by atoms with Crippen molar-refractivity contribution in [3.05, 3.63) is 29.8 Å². The van der Waals surface area contributed by atoms with Crippen molar-refractivity contribution in [3.8, 4) is 0 Å². The summed E-state index contributed by atoms with van der Waals surface area (Å²) >= 11 is 0. The van der Waals surface area contributed by atoms with Crippen LogP contribution >= 0.6 is 0 Å². The molecule has 19 heavy (non-hydrogen) atoms. The Hall–Kier alpha value is -0.910. The first-order valence-corrected chi connectivity index (χ1v) is 8.14. The van der Waals surface area contributed by atoms with E-state index in [4.69, 9.17) is 5.73 Å². The molecule has 108 valence electrons. The summed E-state index contributed by atoms with van der Waals surface area (Å²) in [6.07, 6.45) is 0.813. The lowest BCUT2D eigenvalue weighted by Gasteiger charge is -2.22. The Labute approximate surface area is 116 Å². The highest BCUT2D eigenvalue weighted by atomic mass is 32.2. The molecule has 3 N–H and O–H groups in total. The number of benzene rings is 1.